The molecule has 26 heavy (non-hydrogen) atoms. The molecule has 0 saturated carbocycles. The normalized spacial score (nSPS) is 10.6. The van der Waals surface area contributed by atoms with Crippen LogP contribution in [0.5, 0.6) is 0 Å². The minimum absolute atomic E-state index is 0.262. The number of nitrogens with zero attached hydrogens (tertiary/aromatic N) is 2. The summed E-state index contributed by atoms with van der Waals surface area (Å²) >= 11 is 14.8. The molecule has 3 rings (SSSR count). The number of halogens is 3. The van der Waals surface area contributed by atoms with Crippen molar-refractivity contribution in [2.45, 2.75) is 13.5 Å². The van der Waals surface area contributed by atoms with E-state index in [0.29, 0.717) is 28.1 Å². The number of hydrogen-bond acceptors (Lipinski definition) is 2. The molecule has 0 amide bonds. The minimum atomic E-state index is -0.262. The Balaban J connectivity index is 1.70. The molecule has 0 radical (unpaired) electrons. The lowest BCUT2D eigenvalue weighted by Crippen LogP contribution is -2.20. The van der Waals surface area contributed by atoms with Gasteiger partial charge in [-0.25, -0.2) is 4.39 Å². The van der Waals surface area contributed by atoms with Crippen LogP contribution in [0, 0.1) is 12.7 Å². The van der Waals surface area contributed by atoms with E-state index >= 15 is 0 Å². The van der Waals surface area contributed by atoms with Crippen LogP contribution in [0.3, 0.4) is 0 Å². The lowest BCUT2D eigenvalue weighted by molar-refractivity contribution is 0.586. The van der Waals surface area contributed by atoms with Gasteiger partial charge in [-0.1, -0.05) is 35.9 Å². The van der Waals surface area contributed by atoms with Crippen molar-refractivity contribution < 1.29 is 4.39 Å². The first kappa shape index (κ1) is 18.8. The van der Waals surface area contributed by atoms with Gasteiger partial charge in [0.1, 0.15) is 5.82 Å². The number of hydrogen-bond donors (Lipinski definition) is 2. The highest BCUT2D eigenvalue weighted by atomic mass is 79.9. The molecule has 4 nitrogen and oxygen atoms in total. The maximum Gasteiger partial charge on any atom is 0.176 e. The summed E-state index contributed by atoms with van der Waals surface area (Å²) in [6.07, 6.45) is 1.77. The zero-order valence-corrected chi connectivity index (χ0v) is 16.9. The van der Waals surface area contributed by atoms with E-state index in [1.807, 2.05) is 19.1 Å². The van der Waals surface area contributed by atoms with Gasteiger partial charge >= 0.3 is 0 Å². The SMILES string of the molecule is Cc1ccc(Cl)cc1NC(=S)Nc1nn(Cc2ccccc2F)cc1Br. The maximum atomic E-state index is 13.8. The molecule has 0 saturated heterocycles. The monoisotopic (exact) mass is 452 g/mol. The van der Waals surface area contributed by atoms with Crippen LogP contribution in [0.15, 0.2) is 53.1 Å². The Hall–Kier alpha value is -1.96. The van der Waals surface area contributed by atoms with Crippen molar-refractivity contribution in [2.75, 3.05) is 10.6 Å². The molecule has 0 fully saturated rings. The fourth-order valence-corrected chi connectivity index (χ4v) is 3.15. The Kier molecular flexibility index (Phi) is 5.90. The summed E-state index contributed by atoms with van der Waals surface area (Å²) in [4.78, 5) is 0. The van der Waals surface area contributed by atoms with Gasteiger partial charge in [0.15, 0.2) is 10.9 Å². The van der Waals surface area contributed by atoms with E-state index in [-0.39, 0.29) is 5.82 Å². The second-order valence-corrected chi connectivity index (χ2v) is 7.35. The summed E-state index contributed by atoms with van der Waals surface area (Å²) in [5, 5.41) is 11.5. The summed E-state index contributed by atoms with van der Waals surface area (Å²) in [7, 11) is 0. The van der Waals surface area contributed by atoms with Gasteiger partial charge in [-0.3, -0.25) is 4.68 Å². The lowest BCUT2D eigenvalue weighted by atomic mass is 10.2. The maximum absolute atomic E-state index is 13.8. The van der Waals surface area contributed by atoms with E-state index in [2.05, 4.69) is 31.7 Å². The van der Waals surface area contributed by atoms with Gasteiger partial charge < -0.3 is 10.6 Å². The summed E-state index contributed by atoms with van der Waals surface area (Å²) in [6.45, 7) is 2.28. The summed E-state index contributed by atoms with van der Waals surface area (Å²) in [5.41, 5.74) is 2.39. The average Bonchev–Trinajstić information content (AvgIpc) is 2.92. The Morgan fingerprint density at radius 3 is 2.81 bits per heavy atom. The van der Waals surface area contributed by atoms with Crippen LogP contribution in [0.2, 0.25) is 5.02 Å². The van der Waals surface area contributed by atoms with Crippen LogP contribution in [-0.2, 0) is 6.54 Å². The van der Waals surface area contributed by atoms with Gasteiger partial charge in [0, 0.05) is 22.5 Å². The van der Waals surface area contributed by atoms with Crippen LogP contribution in [0.25, 0.3) is 0 Å². The number of thiocarbonyl (C=S) groups is 1. The van der Waals surface area contributed by atoms with Crippen molar-refractivity contribution in [3.8, 4) is 0 Å². The number of aromatic nitrogens is 2. The first-order chi connectivity index (χ1) is 12.4. The standard InChI is InChI=1S/C18H15BrClFN4S/c1-11-6-7-13(20)8-16(11)22-18(26)23-17-14(19)10-25(24-17)9-12-4-2-3-5-15(12)21/h2-8,10H,9H2,1H3,(H2,22,23,24,26). The molecule has 2 aromatic carbocycles. The van der Waals surface area contributed by atoms with Crippen molar-refractivity contribution in [3.05, 3.63) is 75.1 Å². The van der Waals surface area contributed by atoms with Crippen LogP contribution in [0.1, 0.15) is 11.1 Å². The van der Waals surface area contributed by atoms with Crippen LogP contribution in [0.4, 0.5) is 15.9 Å². The Bertz CT molecular complexity index is 960. The van der Waals surface area contributed by atoms with Crippen LogP contribution >= 0.6 is 39.7 Å². The van der Waals surface area contributed by atoms with E-state index in [1.165, 1.54) is 6.07 Å². The zero-order valence-electron chi connectivity index (χ0n) is 13.8. The smallest absolute Gasteiger partial charge is 0.176 e. The van der Waals surface area contributed by atoms with E-state index in [1.54, 1.807) is 35.1 Å². The molecule has 0 spiro atoms. The Morgan fingerprint density at radius 2 is 2.04 bits per heavy atom. The molecule has 0 unspecified atom stereocenters. The zero-order chi connectivity index (χ0) is 18.7. The number of anilines is 2. The van der Waals surface area contributed by atoms with E-state index in [4.69, 9.17) is 23.8 Å². The second kappa shape index (κ2) is 8.16. The molecule has 0 aliphatic heterocycles. The predicted octanol–water partition coefficient (Wildman–Crippen LogP) is 5.60. The highest BCUT2D eigenvalue weighted by Gasteiger charge is 2.11. The first-order valence-electron chi connectivity index (χ1n) is 7.73. The molecule has 1 aromatic heterocycles. The van der Waals surface area contributed by atoms with Crippen molar-refractivity contribution in [1.82, 2.24) is 9.78 Å². The average molecular weight is 454 g/mol. The summed E-state index contributed by atoms with van der Waals surface area (Å²) in [6, 6.07) is 12.1. The van der Waals surface area contributed by atoms with Gasteiger partial charge in [-0.05, 0) is 58.8 Å². The fourth-order valence-electron chi connectivity index (χ4n) is 2.35. The minimum Gasteiger partial charge on any atom is -0.332 e. The molecule has 0 aliphatic carbocycles. The van der Waals surface area contributed by atoms with Crippen molar-refractivity contribution in [2.24, 2.45) is 0 Å². The molecule has 8 heteroatoms. The van der Waals surface area contributed by atoms with Crippen molar-refractivity contribution in [1.29, 1.82) is 0 Å². The van der Waals surface area contributed by atoms with E-state index < -0.39 is 0 Å². The van der Waals surface area contributed by atoms with Gasteiger partial charge in [-0.15, -0.1) is 0 Å². The highest BCUT2D eigenvalue weighted by molar-refractivity contribution is 9.10. The van der Waals surface area contributed by atoms with Crippen LogP contribution < -0.4 is 10.6 Å². The molecule has 134 valence electrons. The van der Waals surface area contributed by atoms with Crippen molar-refractivity contribution in [3.63, 3.8) is 0 Å². The molecule has 0 aliphatic rings. The third-order valence-electron chi connectivity index (χ3n) is 3.69. The molecule has 2 N–H and O–H groups in total. The van der Waals surface area contributed by atoms with E-state index in [0.717, 1.165) is 15.7 Å². The molecule has 0 atom stereocenters. The molecule has 1 heterocycles. The van der Waals surface area contributed by atoms with Gasteiger partial charge in [0.05, 0.1) is 11.0 Å². The van der Waals surface area contributed by atoms with Gasteiger partial charge in [-0.2, -0.15) is 5.10 Å². The largest absolute Gasteiger partial charge is 0.332 e. The van der Waals surface area contributed by atoms with Crippen LogP contribution in [-0.4, -0.2) is 14.9 Å². The highest BCUT2D eigenvalue weighted by Crippen LogP contribution is 2.23. The predicted molar refractivity (Wildman–Crippen MR) is 111 cm³/mol. The summed E-state index contributed by atoms with van der Waals surface area (Å²) in [5.74, 6) is 0.278. The van der Waals surface area contributed by atoms with Gasteiger partial charge in [0.2, 0.25) is 0 Å². The fraction of sp³-hybridized carbons (Fsp3) is 0.111. The topological polar surface area (TPSA) is 41.9 Å². The Labute approximate surface area is 169 Å². The van der Waals surface area contributed by atoms with Crippen molar-refractivity contribution >= 4 is 56.4 Å². The third-order valence-corrected chi connectivity index (χ3v) is 4.71. The first-order valence-corrected chi connectivity index (χ1v) is 9.31. The lowest BCUT2D eigenvalue weighted by Gasteiger charge is -2.11. The number of benzene rings is 2. The molecular formula is C18H15BrClFN4S. The molecule has 3 aromatic rings. The quantitative estimate of drug-likeness (QED) is 0.504. The Morgan fingerprint density at radius 1 is 1.27 bits per heavy atom. The molecular weight excluding hydrogens is 439 g/mol. The number of nitrogens with one attached hydrogen (secondary N) is 2. The number of aryl methyl sites for hydroxylation is 1. The van der Waals surface area contributed by atoms with Gasteiger partial charge in [0.25, 0.3) is 0 Å². The third kappa shape index (κ3) is 4.60. The number of rotatable bonds is 4. The molecule has 0 bridgehead atoms. The van der Waals surface area contributed by atoms with E-state index in [9.17, 15) is 4.39 Å². The second-order valence-electron chi connectivity index (χ2n) is 5.65. The summed E-state index contributed by atoms with van der Waals surface area (Å²) < 4.78 is 16.2.